The zero-order valence-electron chi connectivity index (χ0n) is 14.0. The number of amides is 1. The fraction of sp³-hybridized carbons (Fsp3) is 0.222. The van der Waals surface area contributed by atoms with Gasteiger partial charge in [0, 0.05) is 6.42 Å². The van der Waals surface area contributed by atoms with Crippen LogP contribution >= 0.6 is 0 Å². The zero-order chi connectivity index (χ0) is 19.5. The van der Waals surface area contributed by atoms with Gasteiger partial charge in [-0.15, -0.1) is 0 Å². The Morgan fingerprint density at radius 1 is 1.08 bits per heavy atom. The standard InChI is InChI=1S/C18H20N2O6/c1-18(17(25)26,9-10-2-7-13(22)14(23)8-10)20-16(24)15(19)11-3-5-12(21)6-4-11/h2-8,15,21-23H,9,19H2,1H3,(H,20,24)(H,25,26)/t15-,18+/m1/s1. The van der Waals surface area contributed by atoms with E-state index in [2.05, 4.69) is 5.32 Å². The topological polar surface area (TPSA) is 153 Å². The van der Waals surface area contributed by atoms with E-state index in [1.807, 2.05) is 0 Å². The van der Waals surface area contributed by atoms with E-state index in [1.165, 1.54) is 49.4 Å². The monoisotopic (exact) mass is 360 g/mol. The Kier molecular flexibility index (Phi) is 5.37. The molecule has 7 N–H and O–H groups in total. The van der Waals surface area contributed by atoms with Gasteiger partial charge in [0.1, 0.15) is 17.3 Å². The van der Waals surface area contributed by atoms with Crippen LogP contribution in [0.1, 0.15) is 24.1 Å². The Bertz CT molecular complexity index is 821. The van der Waals surface area contributed by atoms with Gasteiger partial charge in [0.2, 0.25) is 5.91 Å². The van der Waals surface area contributed by atoms with Crippen molar-refractivity contribution in [3.63, 3.8) is 0 Å². The molecule has 0 unspecified atom stereocenters. The number of aromatic hydroxyl groups is 3. The number of hydrogen-bond acceptors (Lipinski definition) is 6. The van der Waals surface area contributed by atoms with Crippen molar-refractivity contribution >= 4 is 11.9 Å². The number of phenolic OH excluding ortho intramolecular Hbond substituents is 3. The molecule has 0 bridgehead atoms. The summed E-state index contributed by atoms with van der Waals surface area (Å²) in [4.78, 5) is 24.1. The summed E-state index contributed by atoms with van der Waals surface area (Å²) in [5.74, 6) is -2.68. The highest BCUT2D eigenvalue weighted by atomic mass is 16.4. The number of hydrogen-bond donors (Lipinski definition) is 6. The van der Waals surface area contributed by atoms with Crippen molar-refractivity contribution in [1.82, 2.24) is 5.32 Å². The molecule has 0 heterocycles. The first kappa shape index (κ1) is 19.1. The molecule has 2 atom stereocenters. The number of carboxylic acid groups (broad SMARTS) is 1. The summed E-state index contributed by atoms with van der Waals surface area (Å²) in [6, 6.07) is 8.46. The van der Waals surface area contributed by atoms with Gasteiger partial charge in [-0.05, 0) is 42.3 Å². The summed E-state index contributed by atoms with van der Waals surface area (Å²) in [5, 5.41) is 40.2. The van der Waals surface area contributed by atoms with Crippen molar-refractivity contribution in [2.24, 2.45) is 5.73 Å². The molecule has 0 aromatic heterocycles. The second-order valence-corrected chi connectivity index (χ2v) is 6.20. The van der Waals surface area contributed by atoms with Crippen LogP contribution in [-0.4, -0.2) is 37.8 Å². The lowest BCUT2D eigenvalue weighted by Gasteiger charge is -2.28. The van der Waals surface area contributed by atoms with Crippen LogP contribution in [0.5, 0.6) is 17.2 Å². The smallest absolute Gasteiger partial charge is 0.329 e. The summed E-state index contributed by atoms with van der Waals surface area (Å²) >= 11 is 0. The molecule has 0 fully saturated rings. The third-order valence-corrected chi connectivity index (χ3v) is 4.00. The highest BCUT2D eigenvalue weighted by Crippen LogP contribution is 2.27. The van der Waals surface area contributed by atoms with Crippen LogP contribution in [0.3, 0.4) is 0 Å². The van der Waals surface area contributed by atoms with Crippen LogP contribution in [0, 0.1) is 0 Å². The van der Waals surface area contributed by atoms with Gasteiger partial charge in [-0.1, -0.05) is 18.2 Å². The Balaban J connectivity index is 2.19. The number of carboxylic acids is 1. The van der Waals surface area contributed by atoms with Crippen LogP contribution in [0.2, 0.25) is 0 Å². The molecule has 0 aliphatic heterocycles. The van der Waals surface area contributed by atoms with E-state index in [0.717, 1.165) is 0 Å². The van der Waals surface area contributed by atoms with Crippen molar-refractivity contribution in [2.45, 2.75) is 24.9 Å². The van der Waals surface area contributed by atoms with Crippen LogP contribution in [0.15, 0.2) is 42.5 Å². The number of benzene rings is 2. The van der Waals surface area contributed by atoms with Gasteiger partial charge >= 0.3 is 5.97 Å². The average molecular weight is 360 g/mol. The fourth-order valence-corrected chi connectivity index (χ4v) is 2.44. The van der Waals surface area contributed by atoms with Gasteiger partial charge in [-0.25, -0.2) is 4.79 Å². The molecule has 1 amide bonds. The fourth-order valence-electron chi connectivity index (χ4n) is 2.44. The lowest BCUT2D eigenvalue weighted by Crippen LogP contribution is -2.55. The van der Waals surface area contributed by atoms with Crippen LogP contribution in [-0.2, 0) is 16.0 Å². The van der Waals surface area contributed by atoms with Crippen LogP contribution in [0.25, 0.3) is 0 Å². The summed E-state index contributed by atoms with van der Waals surface area (Å²) in [7, 11) is 0. The first-order chi connectivity index (χ1) is 12.1. The quantitative estimate of drug-likeness (QED) is 0.420. The minimum Gasteiger partial charge on any atom is -0.508 e. The number of carbonyl (C=O) groups excluding carboxylic acids is 1. The van der Waals surface area contributed by atoms with Gasteiger partial charge in [0.15, 0.2) is 11.5 Å². The number of aliphatic carboxylic acids is 1. The molecule has 0 aliphatic carbocycles. The molecule has 2 aromatic carbocycles. The number of carbonyl (C=O) groups is 2. The first-order valence-corrected chi connectivity index (χ1v) is 7.73. The van der Waals surface area contributed by atoms with E-state index in [-0.39, 0.29) is 23.7 Å². The molecule has 0 aliphatic rings. The minimum atomic E-state index is -1.69. The molecular weight excluding hydrogens is 340 g/mol. The number of rotatable bonds is 6. The molecule has 2 rings (SSSR count). The van der Waals surface area contributed by atoms with Gasteiger partial charge in [-0.2, -0.15) is 0 Å². The zero-order valence-corrected chi connectivity index (χ0v) is 14.0. The Morgan fingerprint density at radius 3 is 2.23 bits per heavy atom. The maximum atomic E-state index is 12.4. The second kappa shape index (κ2) is 7.32. The minimum absolute atomic E-state index is 0.0175. The second-order valence-electron chi connectivity index (χ2n) is 6.20. The molecule has 2 aromatic rings. The van der Waals surface area contributed by atoms with Crippen LogP contribution in [0.4, 0.5) is 0 Å². The largest absolute Gasteiger partial charge is 0.508 e. The van der Waals surface area contributed by atoms with E-state index < -0.39 is 23.5 Å². The number of phenols is 3. The van der Waals surface area contributed by atoms with Crippen molar-refractivity contribution in [2.75, 3.05) is 0 Å². The molecular formula is C18H20N2O6. The molecule has 0 radical (unpaired) electrons. The van der Waals surface area contributed by atoms with E-state index in [4.69, 9.17) is 5.73 Å². The molecule has 26 heavy (non-hydrogen) atoms. The SMILES string of the molecule is C[C@@](Cc1ccc(O)c(O)c1)(NC(=O)[C@H](N)c1ccc(O)cc1)C(=O)O. The van der Waals surface area contributed by atoms with E-state index in [1.54, 1.807) is 0 Å². The molecule has 138 valence electrons. The number of nitrogens with one attached hydrogen (secondary N) is 1. The van der Waals surface area contributed by atoms with Gasteiger partial charge in [0.05, 0.1) is 0 Å². The molecule has 8 nitrogen and oxygen atoms in total. The average Bonchev–Trinajstić information content (AvgIpc) is 2.58. The van der Waals surface area contributed by atoms with E-state index in [0.29, 0.717) is 11.1 Å². The third kappa shape index (κ3) is 4.22. The Morgan fingerprint density at radius 2 is 1.69 bits per heavy atom. The normalized spacial score (nSPS) is 14.2. The lowest BCUT2D eigenvalue weighted by atomic mass is 9.91. The van der Waals surface area contributed by atoms with Gasteiger partial charge < -0.3 is 31.5 Å². The predicted molar refractivity (Wildman–Crippen MR) is 92.7 cm³/mol. The van der Waals surface area contributed by atoms with E-state index in [9.17, 15) is 30.0 Å². The Labute approximate surface area is 149 Å². The molecule has 0 spiro atoms. The van der Waals surface area contributed by atoms with Gasteiger partial charge in [0.25, 0.3) is 0 Å². The molecule has 8 heteroatoms. The van der Waals surface area contributed by atoms with Gasteiger partial charge in [-0.3, -0.25) is 4.79 Å². The third-order valence-electron chi connectivity index (χ3n) is 4.00. The van der Waals surface area contributed by atoms with Crippen molar-refractivity contribution in [3.8, 4) is 17.2 Å². The molecule has 0 saturated heterocycles. The van der Waals surface area contributed by atoms with Crippen molar-refractivity contribution in [3.05, 3.63) is 53.6 Å². The highest BCUT2D eigenvalue weighted by Gasteiger charge is 2.36. The van der Waals surface area contributed by atoms with Crippen molar-refractivity contribution < 1.29 is 30.0 Å². The van der Waals surface area contributed by atoms with Crippen molar-refractivity contribution in [1.29, 1.82) is 0 Å². The van der Waals surface area contributed by atoms with E-state index >= 15 is 0 Å². The summed E-state index contributed by atoms with van der Waals surface area (Å²) in [6.45, 7) is 1.32. The lowest BCUT2D eigenvalue weighted by molar-refractivity contribution is -0.147. The maximum Gasteiger partial charge on any atom is 0.329 e. The summed E-state index contributed by atoms with van der Waals surface area (Å²) in [5.41, 5.74) is 5.01. The summed E-state index contributed by atoms with van der Waals surface area (Å²) in [6.07, 6.45) is -0.135. The first-order valence-electron chi connectivity index (χ1n) is 7.73. The molecule has 0 saturated carbocycles. The number of nitrogens with two attached hydrogens (primary N) is 1. The Hall–Kier alpha value is -3.26. The highest BCUT2D eigenvalue weighted by molar-refractivity contribution is 5.90. The summed E-state index contributed by atoms with van der Waals surface area (Å²) < 4.78 is 0. The maximum absolute atomic E-state index is 12.4. The van der Waals surface area contributed by atoms with Crippen LogP contribution < -0.4 is 11.1 Å². The predicted octanol–water partition coefficient (Wildman–Crippen LogP) is 1.01.